The summed E-state index contributed by atoms with van der Waals surface area (Å²) >= 11 is 0. The molecular weight excluding hydrogens is 388 g/mol. The number of alkyl carbamates (subject to hydrolysis) is 1. The van der Waals surface area contributed by atoms with Gasteiger partial charge in [-0.3, -0.25) is 4.79 Å². The van der Waals surface area contributed by atoms with E-state index in [1.165, 1.54) is 0 Å². The second kappa shape index (κ2) is 11.7. The topological polar surface area (TPSA) is 88.1 Å². The first-order valence-corrected chi connectivity index (χ1v) is 11.2. The lowest BCUT2D eigenvalue weighted by Crippen LogP contribution is -2.42. The van der Waals surface area contributed by atoms with Crippen molar-refractivity contribution in [2.24, 2.45) is 0 Å². The van der Waals surface area contributed by atoms with Crippen LogP contribution in [0.1, 0.15) is 44.4 Å². The fourth-order valence-electron chi connectivity index (χ4n) is 2.70. The van der Waals surface area contributed by atoms with Gasteiger partial charge in [0.1, 0.15) is 11.4 Å². The fourth-order valence-corrected chi connectivity index (χ4v) is 3.08. The summed E-state index contributed by atoms with van der Waals surface area (Å²) < 4.78 is 10.4. The van der Waals surface area contributed by atoms with Gasteiger partial charge in [-0.25, -0.2) is 4.79 Å². The van der Waals surface area contributed by atoms with E-state index in [1.807, 2.05) is 25.2 Å². The smallest absolute Gasteiger partial charge is 0.407 e. The Bertz CT molecular complexity index is 716. The molecule has 29 heavy (non-hydrogen) atoms. The summed E-state index contributed by atoms with van der Waals surface area (Å²) in [6, 6.07) is 5.44. The molecule has 0 bridgehead atoms. The second-order valence-corrected chi connectivity index (χ2v) is 8.69. The molecule has 2 N–H and O–H groups in total. The molecule has 8 heteroatoms. The molecule has 0 spiro atoms. The van der Waals surface area contributed by atoms with Crippen molar-refractivity contribution in [2.45, 2.75) is 52.4 Å². The first kappa shape index (κ1) is 24.8. The minimum Gasteiger partial charge on any atom is -0.497 e. The number of aliphatic hydroxyl groups is 1. The summed E-state index contributed by atoms with van der Waals surface area (Å²) in [5.74, 6) is 0.627. The Balaban J connectivity index is 2.79. The number of hydrogen-bond acceptors (Lipinski definition) is 5. The van der Waals surface area contributed by atoms with E-state index >= 15 is 0 Å². The molecule has 0 heterocycles. The van der Waals surface area contributed by atoms with Crippen molar-refractivity contribution in [1.29, 1.82) is 0 Å². The van der Waals surface area contributed by atoms with Crippen LogP contribution < -0.4 is 10.1 Å². The number of nitrogens with zero attached hydrogens (tertiary/aromatic N) is 1. The molecule has 1 aromatic carbocycles. The molecule has 0 aliphatic heterocycles. The molecule has 0 saturated heterocycles. The summed E-state index contributed by atoms with van der Waals surface area (Å²) in [7, 11) is 2.15. The van der Waals surface area contributed by atoms with Crippen molar-refractivity contribution < 1.29 is 24.2 Å². The number of amides is 2. The number of rotatable bonds is 9. The number of aryl methyl sites for hydroxylation is 1. The van der Waals surface area contributed by atoms with Crippen molar-refractivity contribution in [1.82, 2.24) is 10.2 Å². The van der Waals surface area contributed by atoms with Gasteiger partial charge in [0.15, 0.2) is 0 Å². The first-order valence-electron chi connectivity index (χ1n) is 9.63. The Morgan fingerprint density at radius 1 is 1.34 bits per heavy atom. The SMILES string of the molecule is COc1ccc([C@@H](O)CN(CCNC(=O)OC(C)(C)C)C(=O)C/C=[Si]\C)c(C)c1. The third kappa shape index (κ3) is 9.23. The Kier molecular flexibility index (Phi) is 10.0. The molecule has 2 amide bonds. The van der Waals surface area contributed by atoms with Gasteiger partial charge in [-0.15, -0.1) is 0 Å². The van der Waals surface area contributed by atoms with Crippen molar-refractivity contribution in [3.63, 3.8) is 0 Å². The average molecular weight is 422 g/mol. The fraction of sp³-hybridized carbons (Fsp3) is 0.571. The lowest BCUT2D eigenvalue weighted by molar-refractivity contribution is -0.131. The highest BCUT2D eigenvalue weighted by atomic mass is 28.2. The standard InChI is InChI=1S/C21H33N2O5Si/c1-15-13-16(27-5)7-8-17(15)18(24)14-23(19(25)9-12-29-6)11-10-22-20(26)28-21(2,3)4/h7-8,12-13,18,24H,9-11,14H2,1-6H3,(H,22,26)/t18-/m0/s1. The van der Waals surface area contributed by atoms with E-state index in [2.05, 4.69) is 5.32 Å². The predicted octanol–water partition coefficient (Wildman–Crippen LogP) is 2.33. The minimum absolute atomic E-state index is 0.0875. The number of benzene rings is 1. The normalized spacial score (nSPS) is 12.5. The van der Waals surface area contributed by atoms with E-state index in [4.69, 9.17) is 9.47 Å². The minimum atomic E-state index is -0.838. The molecule has 0 saturated carbocycles. The highest BCUT2D eigenvalue weighted by Crippen LogP contribution is 2.23. The van der Waals surface area contributed by atoms with Gasteiger partial charge >= 0.3 is 6.09 Å². The molecule has 161 valence electrons. The number of aliphatic hydroxyl groups excluding tert-OH is 1. The molecule has 1 atom stereocenters. The molecule has 1 radical (unpaired) electrons. The van der Waals surface area contributed by atoms with Gasteiger partial charge in [0.2, 0.25) is 5.91 Å². The molecule has 0 fully saturated rings. The molecule has 0 unspecified atom stereocenters. The lowest BCUT2D eigenvalue weighted by atomic mass is 10.0. The average Bonchev–Trinajstić information content (AvgIpc) is 2.63. The molecule has 1 rings (SSSR count). The molecule has 7 nitrogen and oxygen atoms in total. The van der Waals surface area contributed by atoms with Crippen LogP contribution in [-0.4, -0.2) is 69.2 Å². The van der Waals surface area contributed by atoms with Gasteiger partial charge in [-0.2, -0.15) is 0 Å². The van der Waals surface area contributed by atoms with E-state index in [0.29, 0.717) is 21.3 Å². The maximum Gasteiger partial charge on any atom is 0.407 e. The van der Waals surface area contributed by atoms with Gasteiger partial charge < -0.3 is 24.8 Å². The van der Waals surface area contributed by atoms with Gasteiger partial charge in [-0.1, -0.05) is 18.3 Å². The van der Waals surface area contributed by atoms with Crippen molar-refractivity contribution >= 4 is 26.8 Å². The number of ether oxygens (including phenoxy) is 2. The quantitative estimate of drug-likeness (QED) is 0.598. The van der Waals surface area contributed by atoms with Crippen LogP contribution in [0.15, 0.2) is 18.2 Å². The van der Waals surface area contributed by atoms with Crippen LogP contribution in [0, 0.1) is 6.92 Å². The van der Waals surface area contributed by atoms with Crippen molar-refractivity contribution in [2.75, 3.05) is 26.7 Å². The predicted molar refractivity (Wildman–Crippen MR) is 116 cm³/mol. The van der Waals surface area contributed by atoms with E-state index in [0.717, 1.165) is 11.1 Å². The van der Waals surface area contributed by atoms with Crippen LogP contribution in [0.25, 0.3) is 0 Å². The number of carbonyl (C=O) groups is 2. The van der Waals surface area contributed by atoms with Crippen LogP contribution >= 0.6 is 0 Å². The molecule has 0 aliphatic rings. The first-order chi connectivity index (χ1) is 13.6. The zero-order valence-electron chi connectivity index (χ0n) is 18.2. The van der Waals surface area contributed by atoms with Gasteiger partial charge in [0, 0.05) is 28.6 Å². The second-order valence-electron chi connectivity index (χ2n) is 7.70. The van der Waals surface area contributed by atoms with Crippen LogP contribution in [0.4, 0.5) is 4.79 Å². The Labute approximate surface area is 175 Å². The monoisotopic (exact) mass is 421 g/mol. The Morgan fingerprint density at radius 2 is 2.03 bits per heavy atom. The summed E-state index contributed by atoms with van der Waals surface area (Å²) in [5, 5.41) is 13.4. The van der Waals surface area contributed by atoms with Crippen molar-refractivity contribution in [3.05, 3.63) is 29.3 Å². The zero-order valence-corrected chi connectivity index (χ0v) is 19.2. The number of carbonyl (C=O) groups excluding carboxylic acids is 2. The summed E-state index contributed by atoms with van der Waals surface area (Å²) in [6.07, 6.45) is -1.07. The molecule has 0 aromatic heterocycles. The summed E-state index contributed by atoms with van der Waals surface area (Å²) in [5.41, 5.74) is 2.96. The van der Waals surface area contributed by atoms with Gasteiger partial charge in [-0.05, 0) is 51.0 Å². The van der Waals surface area contributed by atoms with E-state index < -0.39 is 17.8 Å². The highest BCUT2D eigenvalue weighted by molar-refractivity contribution is 6.46. The third-order valence-corrected chi connectivity index (χ3v) is 4.73. The molecule has 1 aromatic rings. The van der Waals surface area contributed by atoms with Crippen LogP contribution in [-0.2, 0) is 9.53 Å². The van der Waals surface area contributed by atoms with Crippen molar-refractivity contribution in [3.8, 4) is 5.75 Å². The number of nitrogens with one attached hydrogen (secondary N) is 1. The summed E-state index contributed by atoms with van der Waals surface area (Å²) in [4.78, 5) is 26.0. The van der Waals surface area contributed by atoms with Gasteiger partial charge in [0.25, 0.3) is 0 Å². The van der Waals surface area contributed by atoms with E-state index in [1.54, 1.807) is 44.9 Å². The third-order valence-electron chi connectivity index (χ3n) is 4.11. The van der Waals surface area contributed by atoms with Crippen LogP contribution in [0.5, 0.6) is 5.75 Å². The number of hydrogen-bond donors (Lipinski definition) is 2. The molecular formula is C21H33N2O5Si. The largest absolute Gasteiger partial charge is 0.497 e. The summed E-state index contributed by atoms with van der Waals surface area (Å²) in [6.45, 7) is 9.92. The molecule has 0 aliphatic carbocycles. The lowest BCUT2D eigenvalue weighted by Gasteiger charge is -2.26. The van der Waals surface area contributed by atoms with Crippen LogP contribution in [0.2, 0.25) is 6.55 Å². The van der Waals surface area contributed by atoms with E-state index in [-0.39, 0.29) is 25.5 Å². The Morgan fingerprint density at radius 3 is 2.59 bits per heavy atom. The number of methoxy groups -OCH3 is 1. The zero-order chi connectivity index (χ0) is 22.0. The van der Waals surface area contributed by atoms with Crippen LogP contribution in [0.3, 0.4) is 0 Å². The maximum absolute atomic E-state index is 12.6. The maximum atomic E-state index is 12.6. The Hall–Kier alpha value is -2.19. The van der Waals surface area contributed by atoms with Gasteiger partial charge in [0.05, 0.1) is 19.8 Å². The highest BCUT2D eigenvalue weighted by Gasteiger charge is 2.20. The van der Waals surface area contributed by atoms with E-state index in [9.17, 15) is 14.7 Å².